The largest absolute Gasteiger partial charge is 0.178 e. The van der Waals surface area contributed by atoms with E-state index in [1.807, 2.05) is 0 Å². The van der Waals surface area contributed by atoms with Crippen LogP contribution in [0.4, 0.5) is 0 Å². The summed E-state index contributed by atoms with van der Waals surface area (Å²) in [5, 5.41) is 1.62. The van der Waals surface area contributed by atoms with Gasteiger partial charge in [0.25, 0.3) is 0 Å². The van der Waals surface area contributed by atoms with E-state index < -0.39 is 0 Å². The molecule has 0 heterocycles. The van der Waals surface area contributed by atoms with E-state index in [-0.39, 0.29) is 0 Å². The summed E-state index contributed by atoms with van der Waals surface area (Å²) in [6, 6.07) is 0. The normalized spacial score (nSPS) is 20.2. The predicted molar refractivity (Wildman–Crippen MR) is 110 cm³/mol. The van der Waals surface area contributed by atoms with E-state index in [2.05, 4.69) is 88.4 Å². The second-order valence-electron chi connectivity index (χ2n) is 4.58. The lowest BCUT2D eigenvalue weighted by atomic mass is 10.1. The van der Waals surface area contributed by atoms with Gasteiger partial charge in [0.1, 0.15) is 0 Å². The molecule has 0 saturated heterocycles. The lowest BCUT2D eigenvalue weighted by molar-refractivity contribution is 0.616. The van der Waals surface area contributed by atoms with Gasteiger partial charge in [-0.25, -0.2) is 0 Å². The maximum Gasteiger partial charge on any atom is 0.0115 e. The molecule has 110 valence electrons. The van der Waals surface area contributed by atoms with Crippen LogP contribution in [-0.4, -0.2) is 37.8 Å². The Morgan fingerprint density at radius 2 is 0.667 bits per heavy atom. The topological polar surface area (TPSA) is 0 Å². The molecule has 0 fully saturated rings. The minimum absolute atomic E-state index is 0.314. The van der Waals surface area contributed by atoms with E-state index in [1.54, 1.807) is 0 Å². The average molecular weight is 381 g/mol. The average Bonchev–Trinajstić information content (AvgIpc) is 2.27. The van der Waals surface area contributed by atoms with Crippen LogP contribution in [0.1, 0.15) is 25.7 Å². The number of hydrogen-bond donors (Lipinski definition) is 7. The highest BCUT2D eigenvalue weighted by atomic mass is 32.1. The smallest absolute Gasteiger partial charge is 0.0115 e. The van der Waals surface area contributed by atoms with Crippen molar-refractivity contribution in [1.29, 1.82) is 0 Å². The molecule has 0 saturated carbocycles. The molecular formula is C11H24S7. The standard InChI is InChI=1S/C11H24S7/c12-5-10(17)3-8(15)1-7(14)2-9(16)4-11(18)6-13/h7-18H,1-6H2. The van der Waals surface area contributed by atoms with Gasteiger partial charge in [-0.1, -0.05) is 0 Å². The maximum atomic E-state index is 4.63. The quantitative estimate of drug-likeness (QED) is 0.275. The molecule has 0 spiro atoms. The van der Waals surface area contributed by atoms with E-state index in [0.717, 1.165) is 37.2 Å². The van der Waals surface area contributed by atoms with Gasteiger partial charge in [0.15, 0.2) is 0 Å². The van der Waals surface area contributed by atoms with Crippen LogP contribution < -0.4 is 0 Å². The Morgan fingerprint density at radius 1 is 0.444 bits per heavy atom. The van der Waals surface area contributed by atoms with Crippen LogP contribution in [0.15, 0.2) is 0 Å². The molecule has 0 aromatic heterocycles. The molecule has 4 unspecified atom stereocenters. The zero-order valence-electron chi connectivity index (χ0n) is 10.3. The van der Waals surface area contributed by atoms with Gasteiger partial charge in [0.05, 0.1) is 0 Å². The summed E-state index contributed by atoms with van der Waals surface area (Å²) in [6.45, 7) is 0. The monoisotopic (exact) mass is 380 g/mol. The molecule has 7 heteroatoms. The molecule has 0 amide bonds. The van der Waals surface area contributed by atoms with Gasteiger partial charge >= 0.3 is 0 Å². The molecule has 0 aliphatic carbocycles. The van der Waals surface area contributed by atoms with Crippen LogP contribution in [0.2, 0.25) is 0 Å². The van der Waals surface area contributed by atoms with Crippen LogP contribution >= 0.6 is 88.4 Å². The first-order chi connectivity index (χ1) is 8.38. The zero-order chi connectivity index (χ0) is 14.1. The third kappa shape index (κ3) is 11.1. The first kappa shape index (κ1) is 20.5. The van der Waals surface area contributed by atoms with E-state index in [9.17, 15) is 0 Å². The van der Waals surface area contributed by atoms with Crippen LogP contribution in [0.5, 0.6) is 0 Å². The van der Waals surface area contributed by atoms with E-state index in [4.69, 9.17) is 0 Å². The van der Waals surface area contributed by atoms with E-state index >= 15 is 0 Å². The minimum atomic E-state index is 0.314. The second kappa shape index (κ2) is 12.0. The van der Waals surface area contributed by atoms with Gasteiger partial charge in [-0.05, 0) is 25.7 Å². The Bertz CT molecular complexity index is 182. The Morgan fingerprint density at radius 3 is 0.889 bits per heavy atom. The van der Waals surface area contributed by atoms with Crippen molar-refractivity contribution >= 4 is 88.4 Å². The fraction of sp³-hybridized carbons (Fsp3) is 1.00. The van der Waals surface area contributed by atoms with Gasteiger partial charge in [-0.2, -0.15) is 88.4 Å². The molecule has 0 radical (unpaired) electrons. The van der Waals surface area contributed by atoms with Crippen molar-refractivity contribution in [3.8, 4) is 0 Å². The summed E-state index contributed by atoms with van der Waals surface area (Å²) in [6.07, 6.45) is 3.89. The van der Waals surface area contributed by atoms with Gasteiger partial charge in [-0.15, -0.1) is 0 Å². The summed E-state index contributed by atoms with van der Waals surface area (Å²) >= 11 is 31.1. The SMILES string of the molecule is SCC(S)CC(S)CC(S)CC(S)CC(S)CS. The molecule has 18 heavy (non-hydrogen) atoms. The fourth-order valence-corrected chi connectivity index (χ4v) is 4.69. The third-order valence-electron chi connectivity index (χ3n) is 2.60. The maximum absolute atomic E-state index is 4.63. The highest BCUT2D eigenvalue weighted by Gasteiger charge is 2.17. The van der Waals surface area contributed by atoms with Gasteiger partial charge < -0.3 is 0 Å². The first-order valence-corrected chi connectivity index (χ1v) is 9.85. The van der Waals surface area contributed by atoms with Crippen molar-refractivity contribution in [3.05, 3.63) is 0 Å². The molecule has 0 aromatic rings. The Kier molecular flexibility index (Phi) is 13.7. The van der Waals surface area contributed by atoms with Gasteiger partial charge in [0, 0.05) is 37.8 Å². The van der Waals surface area contributed by atoms with Crippen molar-refractivity contribution in [3.63, 3.8) is 0 Å². The highest BCUT2D eigenvalue weighted by molar-refractivity contribution is 7.85. The zero-order valence-corrected chi connectivity index (χ0v) is 16.5. The lowest BCUT2D eigenvalue weighted by Gasteiger charge is -2.21. The van der Waals surface area contributed by atoms with Crippen molar-refractivity contribution in [2.45, 2.75) is 51.9 Å². The van der Waals surface area contributed by atoms with Gasteiger partial charge in [0.2, 0.25) is 0 Å². The molecule has 0 aliphatic heterocycles. The van der Waals surface area contributed by atoms with Gasteiger partial charge in [-0.3, -0.25) is 0 Å². The summed E-state index contributed by atoms with van der Waals surface area (Å²) in [7, 11) is 0. The molecule has 0 nitrogen and oxygen atoms in total. The summed E-state index contributed by atoms with van der Waals surface area (Å²) in [5.74, 6) is 1.58. The van der Waals surface area contributed by atoms with Crippen LogP contribution in [0, 0.1) is 0 Å². The van der Waals surface area contributed by atoms with Crippen LogP contribution in [0.3, 0.4) is 0 Å². The van der Waals surface area contributed by atoms with Crippen molar-refractivity contribution in [2.24, 2.45) is 0 Å². The van der Waals surface area contributed by atoms with Crippen LogP contribution in [0.25, 0.3) is 0 Å². The highest BCUT2D eigenvalue weighted by Crippen LogP contribution is 2.24. The molecule has 0 aromatic carbocycles. The number of hydrogen-bond acceptors (Lipinski definition) is 7. The number of thiol groups is 7. The van der Waals surface area contributed by atoms with E-state index in [1.165, 1.54) is 0 Å². The lowest BCUT2D eigenvalue weighted by Crippen LogP contribution is -2.19. The van der Waals surface area contributed by atoms with E-state index in [0.29, 0.717) is 26.2 Å². The molecule has 4 atom stereocenters. The summed E-state index contributed by atoms with van der Waals surface area (Å²) in [5.41, 5.74) is 0. The molecule has 0 N–H and O–H groups in total. The number of rotatable bonds is 10. The Balaban J connectivity index is 3.84. The van der Waals surface area contributed by atoms with Crippen molar-refractivity contribution < 1.29 is 0 Å². The fourth-order valence-electron chi connectivity index (χ4n) is 1.69. The predicted octanol–water partition coefficient (Wildman–Crippen LogP) is 3.90. The van der Waals surface area contributed by atoms with Crippen molar-refractivity contribution in [1.82, 2.24) is 0 Å². The van der Waals surface area contributed by atoms with Crippen LogP contribution in [-0.2, 0) is 0 Å². The summed E-state index contributed by atoms with van der Waals surface area (Å²) in [4.78, 5) is 0. The van der Waals surface area contributed by atoms with Crippen molar-refractivity contribution in [2.75, 3.05) is 11.5 Å². The molecule has 0 rings (SSSR count). The third-order valence-corrected chi connectivity index (χ3v) is 6.11. The first-order valence-electron chi connectivity index (χ1n) is 6.01. The minimum Gasteiger partial charge on any atom is -0.178 e. The summed E-state index contributed by atoms with van der Waals surface area (Å²) < 4.78 is 0. The second-order valence-corrected chi connectivity index (χ2v) is 8.96. The molecular weight excluding hydrogens is 357 g/mol. The molecule has 0 aliphatic rings. The molecule has 0 bridgehead atoms. The Hall–Kier alpha value is 2.45. The Labute approximate surface area is 150 Å².